The molecule has 2 aliphatic heterocycles. The summed E-state index contributed by atoms with van der Waals surface area (Å²) in [6, 6.07) is 4.41. The number of benzene rings is 1. The predicted octanol–water partition coefficient (Wildman–Crippen LogP) is 2.43. The highest BCUT2D eigenvalue weighted by Gasteiger charge is 2.40. The molecule has 0 radical (unpaired) electrons. The third-order valence-corrected chi connectivity index (χ3v) is 6.53. The van der Waals surface area contributed by atoms with E-state index in [1.807, 2.05) is 0 Å². The highest BCUT2D eigenvalue weighted by molar-refractivity contribution is 7.89. The Hall–Kier alpha value is -2.34. The molecule has 8 nitrogen and oxygen atoms in total. The number of alkyl halides is 3. The van der Waals surface area contributed by atoms with Crippen LogP contribution in [0.1, 0.15) is 30.5 Å². The molecule has 0 amide bonds. The lowest BCUT2D eigenvalue weighted by atomic mass is 9.98. The Labute approximate surface area is 158 Å². The van der Waals surface area contributed by atoms with Gasteiger partial charge in [-0.25, -0.2) is 8.42 Å². The molecule has 1 aromatic heterocycles. The van der Waals surface area contributed by atoms with E-state index in [-0.39, 0.29) is 36.7 Å². The molecule has 2 aromatic rings. The summed E-state index contributed by atoms with van der Waals surface area (Å²) in [6.07, 6.45) is -4.14. The number of fused-ring (bicyclic) bond motifs is 1. The number of ether oxygens (including phenoxy) is 2. The second kappa shape index (κ2) is 6.92. The van der Waals surface area contributed by atoms with Crippen molar-refractivity contribution in [3.05, 3.63) is 30.0 Å². The fraction of sp³-hybridized carbons (Fsp3) is 0.500. The van der Waals surface area contributed by atoms with Crippen molar-refractivity contribution in [3.8, 4) is 11.5 Å². The summed E-state index contributed by atoms with van der Waals surface area (Å²) in [5.41, 5.74) is 0. The van der Waals surface area contributed by atoms with Gasteiger partial charge in [0.15, 0.2) is 11.5 Å². The third kappa shape index (κ3) is 3.53. The minimum absolute atomic E-state index is 0.0762. The number of nitrogens with zero attached hydrogens (tertiary/aromatic N) is 3. The number of rotatable bonds is 3. The van der Waals surface area contributed by atoms with Gasteiger partial charge < -0.3 is 13.9 Å². The molecule has 1 aromatic carbocycles. The van der Waals surface area contributed by atoms with E-state index in [4.69, 9.17) is 13.9 Å². The molecule has 0 N–H and O–H groups in total. The topological polar surface area (TPSA) is 94.8 Å². The summed E-state index contributed by atoms with van der Waals surface area (Å²) < 4.78 is 80.3. The third-order valence-electron chi connectivity index (χ3n) is 4.64. The van der Waals surface area contributed by atoms with Gasteiger partial charge >= 0.3 is 12.1 Å². The van der Waals surface area contributed by atoms with E-state index in [1.165, 1.54) is 16.4 Å². The van der Waals surface area contributed by atoms with Gasteiger partial charge in [0.1, 0.15) is 13.2 Å². The normalized spacial score (nSPS) is 19.0. The van der Waals surface area contributed by atoms with Crippen LogP contribution in [-0.4, -0.2) is 49.2 Å². The van der Waals surface area contributed by atoms with Gasteiger partial charge in [-0.05, 0) is 25.0 Å². The number of hydrogen-bond donors (Lipinski definition) is 0. The summed E-state index contributed by atoms with van der Waals surface area (Å²) >= 11 is 0. The zero-order valence-corrected chi connectivity index (χ0v) is 15.3. The number of halogens is 3. The summed E-state index contributed by atoms with van der Waals surface area (Å²) in [5.74, 6) is -1.08. The molecular formula is C16H16F3N3O5S. The Kier molecular flexibility index (Phi) is 4.70. The summed E-state index contributed by atoms with van der Waals surface area (Å²) in [6.45, 7) is 1.00. The largest absolute Gasteiger partial charge is 0.486 e. The Morgan fingerprint density at radius 1 is 1.04 bits per heavy atom. The van der Waals surface area contributed by atoms with Crippen LogP contribution in [0.3, 0.4) is 0 Å². The molecule has 4 rings (SSSR count). The van der Waals surface area contributed by atoms with Crippen LogP contribution >= 0.6 is 0 Å². The van der Waals surface area contributed by atoms with Crippen molar-refractivity contribution in [2.24, 2.45) is 0 Å². The maximum Gasteiger partial charge on any atom is 0.470 e. The average Bonchev–Trinajstić information content (AvgIpc) is 3.18. The second-order valence-electron chi connectivity index (χ2n) is 6.43. The first-order valence-electron chi connectivity index (χ1n) is 8.55. The van der Waals surface area contributed by atoms with Crippen LogP contribution in [0.5, 0.6) is 11.5 Å². The van der Waals surface area contributed by atoms with Crippen molar-refractivity contribution < 1.29 is 35.5 Å². The van der Waals surface area contributed by atoms with E-state index < -0.39 is 28.0 Å². The smallest absolute Gasteiger partial charge is 0.470 e. The number of piperidine rings is 1. The lowest BCUT2D eigenvalue weighted by Crippen LogP contribution is -2.38. The maximum absolute atomic E-state index is 12.9. The molecule has 0 bridgehead atoms. The standard InChI is InChI=1S/C16H16F3N3O5S/c17-16(18,19)15-21-20-14(27-15)10-3-5-22(6-4-10)28(23,24)11-1-2-12-13(9-11)26-8-7-25-12/h1-2,9-10H,3-8H2. The Balaban J connectivity index is 1.46. The zero-order chi connectivity index (χ0) is 19.9. The van der Waals surface area contributed by atoms with Crippen LogP contribution in [0.4, 0.5) is 13.2 Å². The summed E-state index contributed by atoms with van der Waals surface area (Å²) in [5, 5.41) is 6.48. The van der Waals surface area contributed by atoms with Gasteiger partial charge in [0.25, 0.3) is 0 Å². The van der Waals surface area contributed by atoms with Crippen LogP contribution in [0.2, 0.25) is 0 Å². The Morgan fingerprint density at radius 2 is 1.71 bits per heavy atom. The summed E-state index contributed by atoms with van der Waals surface area (Å²) in [4.78, 5) is 0.0762. The van der Waals surface area contributed by atoms with Crippen molar-refractivity contribution >= 4 is 10.0 Å². The van der Waals surface area contributed by atoms with Gasteiger partial charge in [-0.3, -0.25) is 0 Å². The number of sulfonamides is 1. The highest BCUT2D eigenvalue weighted by atomic mass is 32.2. The van der Waals surface area contributed by atoms with Crippen LogP contribution < -0.4 is 9.47 Å². The van der Waals surface area contributed by atoms with Crippen LogP contribution in [0.15, 0.2) is 27.5 Å². The van der Waals surface area contributed by atoms with Crippen molar-refractivity contribution in [1.29, 1.82) is 0 Å². The molecule has 0 aliphatic carbocycles. The van der Waals surface area contributed by atoms with Crippen LogP contribution in [0.25, 0.3) is 0 Å². The molecule has 1 fully saturated rings. The van der Waals surface area contributed by atoms with Gasteiger partial charge in [0, 0.05) is 25.1 Å². The molecule has 1 saturated heterocycles. The van der Waals surface area contributed by atoms with Gasteiger partial charge in [-0.1, -0.05) is 0 Å². The number of aromatic nitrogens is 2. The second-order valence-corrected chi connectivity index (χ2v) is 8.36. The van der Waals surface area contributed by atoms with Gasteiger partial charge in [-0.15, -0.1) is 10.2 Å². The first-order valence-corrected chi connectivity index (χ1v) is 9.99. The zero-order valence-electron chi connectivity index (χ0n) is 14.5. The van der Waals surface area contributed by atoms with Gasteiger partial charge in [-0.2, -0.15) is 17.5 Å². The average molecular weight is 419 g/mol. The molecule has 2 aliphatic rings. The van der Waals surface area contributed by atoms with Crippen LogP contribution in [0, 0.1) is 0 Å². The van der Waals surface area contributed by atoms with Crippen molar-refractivity contribution in [1.82, 2.24) is 14.5 Å². The monoisotopic (exact) mass is 419 g/mol. The quantitative estimate of drug-likeness (QED) is 0.754. The summed E-state index contributed by atoms with van der Waals surface area (Å²) in [7, 11) is -3.77. The van der Waals surface area contributed by atoms with E-state index in [0.29, 0.717) is 24.7 Å². The molecular weight excluding hydrogens is 403 g/mol. The van der Waals surface area contributed by atoms with Crippen molar-refractivity contribution in [3.63, 3.8) is 0 Å². The maximum atomic E-state index is 12.9. The van der Waals surface area contributed by atoms with Crippen molar-refractivity contribution in [2.45, 2.75) is 29.8 Å². The molecule has 0 atom stereocenters. The predicted molar refractivity (Wildman–Crippen MR) is 87.5 cm³/mol. The van der Waals surface area contributed by atoms with Crippen molar-refractivity contribution in [2.75, 3.05) is 26.3 Å². The van der Waals surface area contributed by atoms with Gasteiger partial charge in [0.05, 0.1) is 4.90 Å². The lowest BCUT2D eigenvalue weighted by molar-refractivity contribution is -0.157. The van der Waals surface area contributed by atoms with E-state index in [9.17, 15) is 21.6 Å². The molecule has 0 unspecified atom stereocenters. The molecule has 12 heteroatoms. The highest BCUT2D eigenvalue weighted by Crippen LogP contribution is 2.36. The molecule has 0 spiro atoms. The van der Waals surface area contributed by atoms with E-state index in [0.717, 1.165) is 0 Å². The fourth-order valence-corrected chi connectivity index (χ4v) is 4.68. The molecule has 28 heavy (non-hydrogen) atoms. The van der Waals surface area contributed by atoms with Crippen LogP contribution in [-0.2, 0) is 16.2 Å². The minimum atomic E-state index is -4.70. The lowest BCUT2D eigenvalue weighted by Gasteiger charge is -2.30. The SMILES string of the molecule is O=S(=O)(c1ccc2c(c1)OCCO2)N1CCC(c2nnc(C(F)(F)F)o2)CC1. The minimum Gasteiger partial charge on any atom is -0.486 e. The molecule has 3 heterocycles. The number of hydrogen-bond acceptors (Lipinski definition) is 7. The Bertz CT molecular complexity index is 968. The first-order chi connectivity index (χ1) is 13.2. The Morgan fingerprint density at radius 3 is 2.36 bits per heavy atom. The molecule has 152 valence electrons. The molecule has 0 saturated carbocycles. The first kappa shape index (κ1) is 19.0. The van der Waals surface area contributed by atoms with E-state index >= 15 is 0 Å². The van der Waals surface area contributed by atoms with E-state index in [1.54, 1.807) is 6.07 Å². The van der Waals surface area contributed by atoms with Gasteiger partial charge in [0.2, 0.25) is 15.9 Å². The fourth-order valence-electron chi connectivity index (χ4n) is 3.19. The van der Waals surface area contributed by atoms with E-state index in [2.05, 4.69) is 10.2 Å².